The number of rotatable bonds is 0. The molecule has 0 radical (unpaired) electrons. The van der Waals surface area contributed by atoms with E-state index in [4.69, 9.17) is 0 Å². The van der Waals surface area contributed by atoms with Gasteiger partial charge < -0.3 is 5.32 Å². The Morgan fingerprint density at radius 1 is 1.71 bits per heavy atom. The Labute approximate surface area is 58.0 Å². The molecular formula is C5H10IN. The van der Waals surface area contributed by atoms with Crippen molar-refractivity contribution in [2.45, 2.75) is 17.4 Å². The molecule has 0 bridgehead atoms. The number of nitrogens with one attached hydrogen (secondary N) is 1. The molecule has 0 saturated carbocycles. The number of halogens is 1. The van der Waals surface area contributed by atoms with Gasteiger partial charge in [-0.1, -0.05) is 29.5 Å². The van der Waals surface area contributed by atoms with E-state index in [-0.39, 0.29) is 0 Å². The quantitative estimate of drug-likeness (QED) is 0.362. The van der Waals surface area contributed by atoms with Gasteiger partial charge in [0, 0.05) is 0 Å². The minimum Gasteiger partial charge on any atom is -0.305 e. The molecule has 1 N–H and O–H groups in total. The SMILES string of the molecule is CC1CNC(I)C1. The monoisotopic (exact) mass is 211 g/mol. The molecule has 2 atom stereocenters. The minimum atomic E-state index is 0.743. The molecule has 1 saturated heterocycles. The molecule has 0 aromatic carbocycles. The van der Waals surface area contributed by atoms with Crippen molar-refractivity contribution in [3.05, 3.63) is 0 Å². The van der Waals surface area contributed by atoms with Crippen molar-refractivity contribution >= 4 is 22.6 Å². The molecule has 1 heterocycles. The van der Waals surface area contributed by atoms with Gasteiger partial charge in [0.05, 0.1) is 4.05 Å². The van der Waals surface area contributed by atoms with Crippen LogP contribution in [0.3, 0.4) is 0 Å². The number of hydrogen-bond acceptors (Lipinski definition) is 1. The Hall–Kier alpha value is 0.690. The van der Waals surface area contributed by atoms with Crippen molar-refractivity contribution in [1.29, 1.82) is 0 Å². The van der Waals surface area contributed by atoms with E-state index in [0.29, 0.717) is 0 Å². The van der Waals surface area contributed by atoms with Crippen LogP contribution in [0.2, 0.25) is 0 Å². The topological polar surface area (TPSA) is 12.0 Å². The fourth-order valence-corrected chi connectivity index (χ4v) is 1.97. The van der Waals surface area contributed by atoms with E-state index in [2.05, 4.69) is 34.8 Å². The smallest absolute Gasteiger partial charge is 0.0596 e. The van der Waals surface area contributed by atoms with Crippen molar-refractivity contribution in [2.24, 2.45) is 5.92 Å². The highest BCUT2D eigenvalue weighted by Gasteiger charge is 2.16. The first-order chi connectivity index (χ1) is 3.29. The van der Waals surface area contributed by atoms with Crippen LogP contribution in [0.4, 0.5) is 0 Å². The lowest BCUT2D eigenvalue weighted by Crippen LogP contribution is -2.13. The molecule has 1 aliphatic heterocycles. The highest BCUT2D eigenvalue weighted by Crippen LogP contribution is 2.16. The number of hydrogen-bond donors (Lipinski definition) is 1. The number of alkyl halides is 1. The van der Waals surface area contributed by atoms with Crippen molar-refractivity contribution in [3.63, 3.8) is 0 Å². The van der Waals surface area contributed by atoms with E-state index in [1.807, 2.05) is 0 Å². The van der Waals surface area contributed by atoms with Gasteiger partial charge in [0.1, 0.15) is 0 Å². The summed E-state index contributed by atoms with van der Waals surface area (Å²) in [6, 6.07) is 0. The Bertz CT molecular complexity index is 57.1. The van der Waals surface area contributed by atoms with Gasteiger partial charge in [-0.2, -0.15) is 0 Å². The Morgan fingerprint density at radius 2 is 2.43 bits per heavy atom. The fraction of sp³-hybridized carbons (Fsp3) is 1.00. The maximum atomic E-state index is 3.36. The Morgan fingerprint density at radius 3 is 2.57 bits per heavy atom. The minimum absolute atomic E-state index is 0.743. The van der Waals surface area contributed by atoms with Crippen molar-refractivity contribution < 1.29 is 0 Å². The standard InChI is InChI=1S/C5H10IN/c1-4-2-5(6)7-3-4/h4-5,7H,2-3H2,1H3. The third-order valence-corrected chi connectivity index (χ3v) is 2.25. The second kappa shape index (κ2) is 2.31. The molecular weight excluding hydrogens is 201 g/mol. The summed E-state index contributed by atoms with van der Waals surface area (Å²) in [6.07, 6.45) is 1.35. The largest absolute Gasteiger partial charge is 0.305 e. The molecule has 1 aliphatic rings. The van der Waals surface area contributed by atoms with Gasteiger partial charge >= 0.3 is 0 Å². The predicted octanol–water partition coefficient (Wildman–Crippen LogP) is 1.38. The van der Waals surface area contributed by atoms with Gasteiger partial charge in [-0.25, -0.2) is 0 Å². The van der Waals surface area contributed by atoms with E-state index in [1.54, 1.807) is 0 Å². The molecule has 1 nitrogen and oxygen atoms in total. The summed E-state index contributed by atoms with van der Waals surface area (Å²) in [4.78, 5) is 0. The molecule has 1 rings (SSSR count). The molecule has 0 aliphatic carbocycles. The first-order valence-electron chi connectivity index (χ1n) is 2.66. The normalized spacial score (nSPS) is 42.0. The van der Waals surface area contributed by atoms with Gasteiger partial charge in [-0.15, -0.1) is 0 Å². The van der Waals surface area contributed by atoms with Crippen LogP contribution < -0.4 is 5.32 Å². The third-order valence-electron chi connectivity index (χ3n) is 1.30. The van der Waals surface area contributed by atoms with Crippen LogP contribution in [0.1, 0.15) is 13.3 Å². The third kappa shape index (κ3) is 1.57. The summed E-state index contributed by atoms with van der Waals surface area (Å²) in [5, 5.41) is 3.36. The van der Waals surface area contributed by atoms with Gasteiger partial charge in [0.25, 0.3) is 0 Å². The molecule has 0 aromatic rings. The van der Waals surface area contributed by atoms with Gasteiger partial charge in [0.2, 0.25) is 0 Å². The zero-order valence-corrected chi connectivity index (χ0v) is 6.60. The Kier molecular flexibility index (Phi) is 1.92. The highest BCUT2D eigenvalue weighted by molar-refractivity contribution is 14.1. The molecule has 2 heteroatoms. The predicted molar refractivity (Wildman–Crippen MR) is 39.6 cm³/mol. The first kappa shape index (κ1) is 5.82. The maximum absolute atomic E-state index is 3.36. The molecule has 0 spiro atoms. The summed E-state index contributed by atoms with van der Waals surface area (Å²) in [7, 11) is 0. The fourth-order valence-electron chi connectivity index (χ4n) is 0.849. The van der Waals surface area contributed by atoms with Gasteiger partial charge in [-0.3, -0.25) is 0 Å². The lowest BCUT2D eigenvalue weighted by Gasteiger charge is -1.93. The van der Waals surface area contributed by atoms with Crippen LogP contribution in [-0.2, 0) is 0 Å². The van der Waals surface area contributed by atoms with E-state index < -0.39 is 0 Å². The van der Waals surface area contributed by atoms with E-state index >= 15 is 0 Å². The zero-order valence-electron chi connectivity index (χ0n) is 4.45. The second-order valence-corrected chi connectivity index (χ2v) is 3.72. The lowest BCUT2D eigenvalue weighted by atomic mass is 10.2. The zero-order chi connectivity index (χ0) is 5.28. The Balaban J connectivity index is 2.26. The first-order valence-corrected chi connectivity index (χ1v) is 3.91. The van der Waals surface area contributed by atoms with Crippen LogP contribution in [-0.4, -0.2) is 10.6 Å². The van der Waals surface area contributed by atoms with Crippen molar-refractivity contribution in [1.82, 2.24) is 5.32 Å². The van der Waals surface area contributed by atoms with Crippen molar-refractivity contribution in [3.8, 4) is 0 Å². The van der Waals surface area contributed by atoms with Crippen LogP contribution >= 0.6 is 22.6 Å². The summed E-state index contributed by atoms with van der Waals surface area (Å²) >= 11 is 2.44. The van der Waals surface area contributed by atoms with Crippen LogP contribution in [0.15, 0.2) is 0 Å². The summed E-state index contributed by atoms with van der Waals surface area (Å²) < 4.78 is 0.743. The lowest BCUT2D eigenvalue weighted by molar-refractivity contribution is 0.650. The van der Waals surface area contributed by atoms with E-state index in [9.17, 15) is 0 Å². The summed E-state index contributed by atoms with van der Waals surface area (Å²) in [5.74, 6) is 0.905. The molecule has 2 unspecified atom stereocenters. The average Bonchev–Trinajstić information content (AvgIpc) is 1.87. The van der Waals surface area contributed by atoms with Crippen molar-refractivity contribution in [2.75, 3.05) is 6.54 Å². The highest BCUT2D eigenvalue weighted by atomic mass is 127. The maximum Gasteiger partial charge on any atom is 0.0596 e. The molecule has 1 fully saturated rings. The van der Waals surface area contributed by atoms with E-state index in [1.165, 1.54) is 13.0 Å². The average molecular weight is 211 g/mol. The molecule has 7 heavy (non-hydrogen) atoms. The summed E-state index contributed by atoms with van der Waals surface area (Å²) in [6.45, 7) is 3.50. The molecule has 42 valence electrons. The van der Waals surface area contributed by atoms with Gasteiger partial charge in [0.15, 0.2) is 0 Å². The van der Waals surface area contributed by atoms with Gasteiger partial charge in [-0.05, 0) is 18.9 Å². The van der Waals surface area contributed by atoms with Crippen LogP contribution in [0.5, 0.6) is 0 Å². The summed E-state index contributed by atoms with van der Waals surface area (Å²) in [5.41, 5.74) is 0. The molecule has 0 amide bonds. The van der Waals surface area contributed by atoms with Crippen LogP contribution in [0, 0.1) is 5.92 Å². The molecule has 0 aromatic heterocycles. The van der Waals surface area contributed by atoms with Crippen LogP contribution in [0.25, 0.3) is 0 Å². The second-order valence-electron chi connectivity index (χ2n) is 2.22. The van der Waals surface area contributed by atoms with E-state index in [0.717, 1.165) is 9.97 Å².